The van der Waals surface area contributed by atoms with Crippen LogP contribution >= 0.6 is 11.8 Å². The zero-order valence-electron chi connectivity index (χ0n) is 12.1. The molecule has 114 valence electrons. The number of imidazole rings is 1. The summed E-state index contributed by atoms with van der Waals surface area (Å²) < 4.78 is 5.48. The van der Waals surface area contributed by atoms with Crippen molar-refractivity contribution in [3.63, 3.8) is 0 Å². The summed E-state index contributed by atoms with van der Waals surface area (Å²) in [7, 11) is 0. The molecule has 0 radical (unpaired) electrons. The first kappa shape index (κ1) is 14.7. The number of ether oxygens (including phenoxy) is 1. The molecule has 1 atom stereocenters. The van der Waals surface area contributed by atoms with E-state index >= 15 is 0 Å². The fourth-order valence-corrected chi connectivity index (χ4v) is 3.53. The Hall–Kier alpha value is -1.24. The average Bonchev–Trinajstić information content (AvgIpc) is 3.26. The van der Waals surface area contributed by atoms with Gasteiger partial charge in [-0.15, -0.1) is 0 Å². The number of hydrogen-bond donors (Lipinski definition) is 3. The van der Waals surface area contributed by atoms with Crippen molar-refractivity contribution in [2.24, 2.45) is 11.7 Å². The van der Waals surface area contributed by atoms with E-state index in [1.54, 1.807) is 0 Å². The van der Waals surface area contributed by atoms with Crippen molar-refractivity contribution in [1.82, 2.24) is 9.97 Å². The van der Waals surface area contributed by atoms with Crippen molar-refractivity contribution in [2.45, 2.75) is 30.5 Å². The SMILES string of the molecule is CCOc1ccc2nc(SCC(O)(CN)C3CC3)[nH]c2c1. The molecular formula is C15H21N3O2S. The van der Waals surface area contributed by atoms with Gasteiger partial charge < -0.3 is 20.6 Å². The Balaban J connectivity index is 1.72. The summed E-state index contributed by atoms with van der Waals surface area (Å²) in [5.41, 5.74) is 6.82. The van der Waals surface area contributed by atoms with Gasteiger partial charge >= 0.3 is 0 Å². The lowest BCUT2D eigenvalue weighted by atomic mass is 10.0. The summed E-state index contributed by atoms with van der Waals surface area (Å²) in [5.74, 6) is 1.76. The molecule has 0 bridgehead atoms. The monoisotopic (exact) mass is 307 g/mol. The summed E-state index contributed by atoms with van der Waals surface area (Å²) in [6.07, 6.45) is 2.15. The molecule has 5 nitrogen and oxygen atoms in total. The fourth-order valence-electron chi connectivity index (χ4n) is 2.45. The molecular weight excluding hydrogens is 286 g/mol. The minimum absolute atomic E-state index is 0.305. The zero-order valence-corrected chi connectivity index (χ0v) is 12.9. The third kappa shape index (κ3) is 3.17. The lowest BCUT2D eigenvalue weighted by Gasteiger charge is -2.25. The van der Waals surface area contributed by atoms with Gasteiger partial charge in [-0.2, -0.15) is 0 Å². The molecule has 4 N–H and O–H groups in total. The summed E-state index contributed by atoms with van der Waals surface area (Å²) in [6, 6.07) is 5.81. The fraction of sp³-hybridized carbons (Fsp3) is 0.533. The van der Waals surface area contributed by atoms with Crippen molar-refractivity contribution < 1.29 is 9.84 Å². The van der Waals surface area contributed by atoms with Crippen molar-refractivity contribution >= 4 is 22.8 Å². The van der Waals surface area contributed by atoms with E-state index in [1.165, 1.54) is 11.8 Å². The second kappa shape index (κ2) is 5.87. The van der Waals surface area contributed by atoms with Gasteiger partial charge in [0.15, 0.2) is 5.16 Å². The molecule has 1 aromatic heterocycles. The molecule has 1 heterocycles. The van der Waals surface area contributed by atoms with Crippen LogP contribution in [0, 0.1) is 5.92 Å². The molecule has 1 unspecified atom stereocenters. The number of aromatic nitrogens is 2. The number of aliphatic hydroxyl groups is 1. The molecule has 1 aliphatic carbocycles. The Bertz CT molecular complexity index is 626. The molecule has 0 amide bonds. The Morgan fingerprint density at radius 3 is 3.00 bits per heavy atom. The topological polar surface area (TPSA) is 84.2 Å². The number of thioether (sulfide) groups is 1. The number of aromatic amines is 1. The minimum atomic E-state index is -0.764. The number of H-pyrrole nitrogens is 1. The highest BCUT2D eigenvalue weighted by molar-refractivity contribution is 7.99. The molecule has 1 aliphatic rings. The van der Waals surface area contributed by atoms with Gasteiger partial charge in [0.05, 0.1) is 23.2 Å². The molecule has 0 spiro atoms. The van der Waals surface area contributed by atoms with Crippen LogP contribution in [0.25, 0.3) is 11.0 Å². The van der Waals surface area contributed by atoms with Crippen molar-refractivity contribution in [3.05, 3.63) is 18.2 Å². The number of benzene rings is 1. The standard InChI is InChI=1S/C15H21N3O2S/c1-2-20-11-5-6-12-13(7-11)18-14(17-12)21-9-15(19,8-16)10-3-4-10/h5-7,10,19H,2-4,8-9,16H2,1H3,(H,17,18). The third-order valence-corrected chi connectivity index (χ3v) is 5.00. The minimum Gasteiger partial charge on any atom is -0.494 e. The van der Waals surface area contributed by atoms with Crippen LogP contribution in [0.3, 0.4) is 0 Å². The maximum absolute atomic E-state index is 10.5. The van der Waals surface area contributed by atoms with E-state index in [0.717, 1.165) is 34.8 Å². The Kier molecular flexibility index (Phi) is 4.10. The van der Waals surface area contributed by atoms with Crippen LogP contribution in [-0.4, -0.2) is 39.6 Å². The maximum Gasteiger partial charge on any atom is 0.166 e. The van der Waals surface area contributed by atoms with Gasteiger partial charge in [-0.05, 0) is 37.8 Å². The number of hydrogen-bond acceptors (Lipinski definition) is 5. The molecule has 21 heavy (non-hydrogen) atoms. The molecule has 6 heteroatoms. The van der Waals surface area contributed by atoms with Crippen LogP contribution in [0.5, 0.6) is 5.75 Å². The van der Waals surface area contributed by atoms with Gasteiger partial charge in [-0.1, -0.05) is 11.8 Å². The summed E-state index contributed by atoms with van der Waals surface area (Å²) in [5, 5.41) is 11.3. The molecule has 1 fully saturated rings. The second-order valence-electron chi connectivity index (χ2n) is 5.52. The number of nitrogens with one attached hydrogen (secondary N) is 1. The van der Waals surface area contributed by atoms with E-state index in [4.69, 9.17) is 10.5 Å². The second-order valence-corrected chi connectivity index (χ2v) is 6.49. The van der Waals surface area contributed by atoms with E-state index in [9.17, 15) is 5.11 Å². The first-order valence-corrected chi connectivity index (χ1v) is 8.31. The average molecular weight is 307 g/mol. The summed E-state index contributed by atoms with van der Waals surface area (Å²) >= 11 is 1.53. The summed E-state index contributed by atoms with van der Waals surface area (Å²) in [4.78, 5) is 7.80. The lowest BCUT2D eigenvalue weighted by molar-refractivity contribution is 0.0509. The lowest BCUT2D eigenvalue weighted by Crippen LogP contribution is -2.42. The van der Waals surface area contributed by atoms with E-state index in [-0.39, 0.29) is 0 Å². The predicted molar refractivity (Wildman–Crippen MR) is 84.7 cm³/mol. The van der Waals surface area contributed by atoms with Gasteiger partial charge in [-0.3, -0.25) is 0 Å². The third-order valence-electron chi connectivity index (χ3n) is 3.89. The van der Waals surface area contributed by atoms with Gasteiger partial charge in [-0.25, -0.2) is 4.98 Å². The summed E-state index contributed by atoms with van der Waals surface area (Å²) in [6.45, 7) is 2.91. The Morgan fingerprint density at radius 2 is 2.33 bits per heavy atom. The molecule has 0 aliphatic heterocycles. The van der Waals surface area contributed by atoms with Crippen LogP contribution in [0.2, 0.25) is 0 Å². The molecule has 2 aromatic rings. The van der Waals surface area contributed by atoms with E-state index in [1.807, 2.05) is 25.1 Å². The molecule has 1 saturated carbocycles. The van der Waals surface area contributed by atoms with E-state index in [2.05, 4.69) is 9.97 Å². The van der Waals surface area contributed by atoms with Crippen LogP contribution in [0.4, 0.5) is 0 Å². The molecule has 1 aromatic carbocycles. The number of nitrogens with zero attached hydrogens (tertiary/aromatic N) is 1. The van der Waals surface area contributed by atoms with Gasteiger partial charge in [0.25, 0.3) is 0 Å². The van der Waals surface area contributed by atoms with E-state index < -0.39 is 5.60 Å². The van der Waals surface area contributed by atoms with Gasteiger partial charge in [0.2, 0.25) is 0 Å². The number of rotatable bonds is 7. The zero-order chi connectivity index (χ0) is 14.9. The number of fused-ring (bicyclic) bond motifs is 1. The maximum atomic E-state index is 10.5. The van der Waals surface area contributed by atoms with Crippen molar-refractivity contribution in [2.75, 3.05) is 18.9 Å². The van der Waals surface area contributed by atoms with Crippen LogP contribution < -0.4 is 10.5 Å². The molecule has 0 saturated heterocycles. The largest absolute Gasteiger partial charge is 0.494 e. The number of nitrogens with two attached hydrogens (primary N) is 1. The normalized spacial score (nSPS) is 17.9. The van der Waals surface area contributed by atoms with Crippen LogP contribution in [-0.2, 0) is 0 Å². The Labute approximate surface area is 128 Å². The van der Waals surface area contributed by atoms with Crippen LogP contribution in [0.1, 0.15) is 19.8 Å². The Morgan fingerprint density at radius 1 is 1.52 bits per heavy atom. The van der Waals surface area contributed by atoms with Crippen molar-refractivity contribution in [3.8, 4) is 5.75 Å². The van der Waals surface area contributed by atoms with Crippen LogP contribution in [0.15, 0.2) is 23.4 Å². The first-order valence-electron chi connectivity index (χ1n) is 7.32. The van der Waals surface area contributed by atoms with Gasteiger partial charge in [0, 0.05) is 18.4 Å². The van der Waals surface area contributed by atoms with Crippen molar-refractivity contribution in [1.29, 1.82) is 0 Å². The highest BCUT2D eigenvalue weighted by atomic mass is 32.2. The van der Waals surface area contributed by atoms with Gasteiger partial charge in [0.1, 0.15) is 5.75 Å². The predicted octanol–water partition coefficient (Wildman–Crippen LogP) is 2.15. The van der Waals surface area contributed by atoms with E-state index in [0.29, 0.717) is 24.8 Å². The quantitative estimate of drug-likeness (QED) is 0.683. The highest BCUT2D eigenvalue weighted by Gasteiger charge is 2.42. The molecule has 3 rings (SSSR count). The first-order chi connectivity index (χ1) is 10.1. The highest BCUT2D eigenvalue weighted by Crippen LogP contribution is 2.41. The smallest absolute Gasteiger partial charge is 0.166 e.